The molecule has 0 N–H and O–H groups in total. The van der Waals surface area contributed by atoms with Crippen molar-refractivity contribution in [3.63, 3.8) is 0 Å². The summed E-state index contributed by atoms with van der Waals surface area (Å²) in [6.07, 6.45) is -2.79. The molecule has 0 spiro atoms. The maximum atomic E-state index is 13.6. The molecule has 1 fully saturated rings. The van der Waals surface area contributed by atoms with Gasteiger partial charge in [-0.25, -0.2) is 4.98 Å². The summed E-state index contributed by atoms with van der Waals surface area (Å²) in [6.45, 7) is 3.71. The van der Waals surface area contributed by atoms with Gasteiger partial charge in [0.15, 0.2) is 6.61 Å². The average Bonchev–Trinajstić information content (AvgIpc) is 3.43. The topological polar surface area (TPSA) is 80.1 Å². The second-order valence-electron chi connectivity index (χ2n) is 12.1. The average molecular weight is 672 g/mol. The maximum Gasteiger partial charge on any atom is 0.422 e. The van der Waals surface area contributed by atoms with Crippen LogP contribution in [0.3, 0.4) is 0 Å². The summed E-state index contributed by atoms with van der Waals surface area (Å²) in [5.74, 6) is 0.904. The molecule has 0 atom stereocenters. The zero-order valence-electron chi connectivity index (χ0n) is 27.4. The van der Waals surface area contributed by atoms with Crippen molar-refractivity contribution in [2.45, 2.75) is 19.6 Å². The number of carbonyl (C=O) groups is 2. The number of aromatic nitrogens is 2. The molecule has 1 saturated heterocycles. The van der Waals surface area contributed by atoms with E-state index in [0.717, 1.165) is 22.0 Å². The van der Waals surface area contributed by atoms with Crippen molar-refractivity contribution in [2.75, 3.05) is 44.7 Å². The Labute approximate surface area is 282 Å². The van der Waals surface area contributed by atoms with Crippen molar-refractivity contribution in [1.82, 2.24) is 19.4 Å². The lowest BCUT2D eigenvalue weighted by Gasteiger charge is -2.34. The van der Waals surface area contributed by atoms with Crippen LogP contribution in [0.15, 0.2) is 91.1 Å². The predicted octanol–water partition coefficient (Wildman–Crippen LogP) is 6.85. The fraction of sp³-hybridized carbons (Fsp3) is 0.270. The molecule has 0 radical (unpaired) electrons. The third-order valence-electron chi connectivity index (χ3n) is 8.56. The SMILES string of the molecule is Cc1ccc(C(=O)N(C)c2ccc(Oc3ccc4cc(C(=O)N5CCN(Cc6ccc(OCC(F)(F)F)cc6)CC5)n(C)c4c3)nc2)cc1. The Morgan fingerprint density at radius 2 is 1.57 bits per heavy atom. The lowest BCUT2D eigenvalue weighted by atomic mass is 10.1. The number of halogens is 3. The molecular formula is C37H36F3N5O4. The van der Waals surface area contributed by atoms with Crippen LogP contribution in [0.5, 0.6) is 17.4 Å². The fourth-order valence-corrected chi connectivity index (χ4v) is 5.72. The quantitative estimate of drug-likeness (QED) is 0.171. The molecule has 1 aliphatic heterocycles. The zero-order valence-corrected chi connectivity index (χ0v) is 27.4. The number of amides is 2. The monoisotopic (exact) mass is 671 g/mol. The first kappa shape index (κ1) is 33.5. The number of piperazine rings is 1. The molecule has 0 bridgehead atoms. The number of anilines is 1. The van der Waals surface area contributed by atoms with E-state index in [4.69, 9.17) is 9.47 Å². The van der Waals surface area contributed by atoms with Crippen LogP contribution >= 0.6 is 0 Å². The van der Waals surface area contributed by atoms with Crippen LogP contribution in [0.25, 0.3) is 10.9 Å². The van der Waals surface area contributed by atoms with Crippen LogP contribution in [0, 0.1) is 6.92 Å². The van der Waals surface area contributed by atoms with Crippen LogP contribution in [-0.4, -0.2) is 77.2 Å². The summed E-state index contributed by atoms with van der Waals surface area (Å²) >= 11 is 0. The molecule has 254 valence electrons. The van der Waals surface area contributed by atoms with Gasteiger partial charge in [-0.2, -0.15) is 13.2 Å². The third-order valence-corrected chi connectivity index (χ3v) is 8.56. The number of ether oxygens (including phenoxy) is 2. The Morgan fingerprint density at radius 3 is 2.22 bits per heavy atom. The van der Waals surface area contributed by atoms with Gasteiger partial charge in [0.1, 0.15) is 17.2 Å². The number of alkyl halides is 3. The standard InChI is InChI=1S/C37H36F3N5O4/c1-25-4-8-27(9-5-25)35(46)42(2)29-11-15-34(41-22-29)49-31-14-10-28-20-33(43(3)32(28)21-31)36(47)45-18-16-44(17-19-45)23-26-6-12-30(13-7-26)48-24-37(38,39)40/h4-15,20-22H,16-19,23-24H2,1-3H3. The lowest BCUT2D eigenvalue weighted by molar-refractivity contribution is -0.153. The van der Waals surface area contributed by atoms with Crippen molar-refractivity contribution < 1.29 is 32.2 Å². The van der Waals surface area contributed by atoms with Gasteiger partial charge in [-0.15, -0.1) is 0 Å². The van der Waals surface area contributed by atoms with Gasteiger partial charge >= 0.3 is 6.18 Å². The second kappa shape index (κ2) is 14.0. The molecule has 0 aliphatic carbocycles. The van der Waals surface area contributed by atoms with E-state index in [1.807, 2.05) is 59.8 Å². The minimum Gasteiger partial charge on any atom is -0.484 e. The number of carbonyl (C=O) groups excluding carboxylic acids is 2. The molecule has 3 heterocycles. The molecule has 1 aliphatic rings. The van der Waals surface area contributed by atoms with E-state index in [2.05, 4.69) is 9.88 Å². The highest BCUT2D eigenvalue weighted by molar-refractivity contribution is 6.05. The zero-order chi connectivity index (χ0) is 34.7. The van der Waals surface area contributed by atoms with Crippen molar-refractivity contribution in [2.24, 2.45) is 7.05 Å². The Hall–Kier alpha value is -5.36. The summed E-state index contributed by atoms with van der Waals surface area (Å²) in [4.78, 5) is 36.4. The molecule has 5 aromatic rings. The highest BCUT2D eigenvalue weighted by atomic mass is 19.4. The van der Waals surface area contributed by atoms with Crippen molar-refractivity contribution in [1.29, 1.82) is 0 Å². The van der Waals surface area contributed by atoms with Gasteiger partial charge in [0.05, 0.1) is 17.4 Å². The second-order valence-corrected chi connectivity index (χ2v) is 12.1. The van der Waals surface area contributed by atoms with Crippen LogP contribution < -0.4 is 14.4 Å². The van der Waals surface area contributed by atoms with Crippen LogP contribution in [0.2, 0.25) is 0 Å². The smallest absolute Gasteiger partial charge is 0.422 e. The van der Waals surface area contributed by atoms with Gasteiger partial charge in [0.2, 0.25) is 5.88 Å². The molecular weight excluding hydrogens is 635 g/mol. The third kappa shape index (κ3) is 8.03. The summed E-state index contributed by atoms with van der Waals surface area (Å²) in [6, 6.07) is 25.0. The highest BCUT2D eigenvalue weighted by Gasteiger charge is 2.28. The molecule has 3 aromatic carbocycles. The van der Waals surface area contributed by atoms with E-state index in [0.29, 0.717) is 61.3 Å². The molecule has 2 amide bonds. The van der Waals surface area contributed by atoms with E-state index in [1.165, 1.54) is 4.90 Å². The number of nitrogens with zero attached hydrogens (tertiary/aromatic N) is 5. The minimum absolute atomic E-state index is 0.0615. The van der Waals surface area contributed by atoms with Gasteiger partial charge in [0, 0.05) is 69.9 Å². The van der Waals surface area contributed by atoms with Gasteiger partial charge in [-0.3, -0.25) is 14.5 Å². The summed E-state index contributed by atoms with van der Waals surface area (Å²) in [5, 5.41) is 0.902. The van der Waals surface area contributed by atoms with E-state index in [9.17, 15) is 22.8 Å². The molecule has 49 heavy (non-hydrogen) atoms. The van der Waals surface area contributed by atoms with E-state index < -0.39 is 12.8 Å². The first-order valence-electron chi connectivity index (χ1n) is 15.8. The minimum atomic E-state index is -4.38. The van der Waals surface area contributed by atoms with E-state index >= 15 is 0 Å². The molecule has 2 aromatic heterocycles. The first-order valence-corrected chi connectivity index (χ1v) is 15.8. The highest BCUT2D eigenvalue weighted by Crippen LogP contribution is 2.29. The number of hydrogen-bond acceptors (Lipinski definition) is 6. The number of fused-ring (bicyclic) bond motifs is 1. The number of aryl methyl sites for hydroxylation is 2. The van der Waals surface area contributed by atoms with Gasteiger partial charge in [-0.1, -0.05) is 29.8 Å². The Kier molecular flexibility index (Phi) is 9.59. The van der Waals surface area contributed by atoms with Crippen LogP contribution in [0.4, 0.5) is 18.9 Å². The number of rotatable bonds is 9. The summed E-state index contributed by atoms with van der Waals surface area (Å²) in [5.41, 5.74) is 4.66. The number of hydrogen-bond donors (Lipinski definition) is 0. The molecule has 0 unspecified atom stereocenters. The molecule has 12 heteroatoms. The van der Waals surface area contributed by atoms with Crippen LogP contribution in [0.1, 0.15) is 32.0 Å². The summed E-state index contributed by atoms with van der Waals surface area (Å²) < 4.78 is 49.9. The first-order chi connectivity index (χ1) is 23.4. The van der Waals surface area contributed by atoms with Gasteiger partial charge in [-0.05, 0) is 61.0 Å². The molecule has 6 rings (SSSR count). The molecule has 0 saturated carbocycles. The normalized spacial score (nSPS) is 13.8. The largest absolute Gasteiger partial charge is 0.484 e. The Morgan fingerprint density at radius 1 is 0.878 bits per heavy atom. The van der Waals surface area contributed by atoms with Crippen molar-refractivity contribution in [3.05, 3.63) is 114 Å². The lowest BCUT2D eigenvalue weighted by Crippen LogP contribution is -2.48. The van der Waals surface area contributed by atoms with E-state index in [1.54, 1.807) is 61.8 Å². The van der Waals surface area contributed by atoms with Crippen molar-refractivity contribution in [3.8, 4) is 17.4 Å². The fourth-order valence-electron chi connectivity index (χ4n) is 5.72. The number of pyridine rings is 1. The summed E-state index contributed by atoms with van der Waals surface area (Å²) in [7, 11) is 3.55. The predicted molar refractivity (Wildman–Crippen MR) is 180 cm³/mol. The van der Waals surface area contributed by atoms with Gasteiger partial charge < -0.3 is 23.8 Å². The van der Waals surface area contributed by atoms with Gasteiger partial charge in [0.25, 0.3) is 11.8 Å². The molecule has 9 nitrogen and oxygen atoms in total. The maximum absolute atomic E-state index is 13.6. The Bertz CT molecular complexity index is 1930. The Balaban J connectivity index is 1.04. The van der Waals surface area contributed by atoms with Crippen LogP contribution in [-0.2, 0) is 13.6 Å². The van der Waals surface area contributed by atoms with E-state index in [-0.39, 0.29) is 17.6 Å². The van der Waals surface area contributed by atoms with Crippen molar-refractivity contribution >= 4 is 28.4 Å². The number of benzene rings is 3.